The third kappa shape index (κ3) is 2.63. The number of hydrogen-bond acceptors (Lipinski definition) is 3. The summed E-state index contributed by atoms with van der Waals surface area (Å²) in [6, 6.07) is 14.7. The van der Waals surface area contributed by atoms with Crippen molar-refractivity contribution in [2.45, 2.75) is 19.5 Å². The van der Waals surface area contributed by atoms with Gasteiger partial charge in [-0.15, -0.1) is 0 Å². The lowest BCUT2D eigenvalue weighted by molar-refractivity contribution is 0.243. The van der Waals surface area contributed by atoms with Crippen LogP contribution in [0.4, 0.5) is 0 Å². The minimum atomic E-state index is 0.776. The summed E-state index contributed by atoms with van der Waals surface area (Å²) in [7, 11) is 3.35. The first-order valence-corrected chi connectivity index (χ1v) is 8.30. The molecule has 1 aliphatic rings. The van der Waals surface area contributed by atoms with E-state index in [0.717, 1.165) is 37.6 Å². The molecule has 3 aromatic rings. The second kappa shape index (κ2) is 6.21. The van der Waals surface area contributed by atoms with E-state index in [2.05, 4.69) is 46.3 Å². The Morgan fingerprint density at radius 2 is 1.88 bits per heavy atom. The molecule has 24 heavy (non-hydrogen) atoms. The van der Waals surface area contributed by atoms with E-state index in [4.69, 9.17) is 9.47 Å². The molecule has 0 saturated heterocycles. The summed E-state index contributed by atoms with van der Waals surface area (Å²) < 4.78 is 10.7. The molecule has 0 atom stereocenters. The average molecular weight is 322 g/mol. The molecule has 1 aliphatic heterocycles. The van der Waals surface area contributed by atoms with Crippen LogP contribution in [0.15, 0.2) is 42.5 Å². The molecule has 2 aromatic carbocycles. The fourth-order valence-corrected chi connectivity index (χ4v) is 3.62. The predicted octanol–water partition coefficient (Wildman–Crippen LogP) is 3.74. The molecule has 1 aromatic heterocycles. The summed E-state index contributed by atoms with van der Waals surface area (Å²) in [5, 5.41) is 1.37. The first-order valence-electron chi connectivity index (χ1n) is 8.30. The number of methoxy groups -OCH3 is 2. The molecule has 0 radical (unpaired) electrons. The molecule has 0 aliphatic carbocycles. The molecule has 0 spiro atoms. The van der Waals surface area contributed by atoms with Gasteiger partial charge in [0.25, 0.3) is 0 Å². The summed E-state index contributed by atoms with van der Waals surface area (Å²) >= 11 is 0. The van der Waals surface area contributed by atoms with Gasteiger partial charge in [0, 0.05) is 36.2 Å². The highest BCUT2D eigenvalue weighted by Crippen LogP contribution is 2.30. The predicted molar refractivity (Wildman–Crippen MR) is 95.7 cm³/mol. The molecule has 0 fully saturated rings. The van der Waals surface area contributed by atoms with Crippen molar-refractivity contribution in [2.24, 2.45) is 0 Å². The topological polar surface area (TPSA) is 37.5 Å². The van der Waals surface area contributed by atoms with Gasteiger partial charge < -0.3 is 14.5 Å². The van der Waals surface area contributed by atoms with E-state index < -0.39 is 0 Å². The SMILES string of the molecule is COc1ccc(CN2CCc3c([nH]c4ccccc34)C2)cc1OC. The Morgan fingerprint density at radius 3 is 2.71 bits per heavy atom. The van der Waals surface area contributed by atoms with Crippen molar-refractivity contribution < 1.29 is 9.47 Å². The van der Waals surface area contributed by atoms with Gasteiger partial charge in [0.2, 0.25) is 0 Å². The van der Waals surface area contributed by atoms with Crippen LogP contribution in [0, 0.1) is 0 Å². The zero-order valence-corrected chi connectivity index (χ0v) is 14.1. The van der Waals surface area contributed by atoms with E-state index in [1.54, 1.807) is 14.2 Å². The molecule has 124 valence electrons. The molecule has 4 heteroatoms. The van der Waals surface area contributed by atoms with Crippen molar-refractivity contribution in [1.82, 2.24) is 9.88 Å². The van der Waals surface area contributed by atoms with Gasteiger partial charge in [-0.05, 0) is 35.7 Å². The van der Waals surface area contributed by atoms with Crippen LogP contribution in [-0.4, -0.2) is 30.6 Å². The van der Waals surface area contributed by atoms with E-state index in [0.29, 0.717) is 0 Å². The maximum Gasteiger partial charge on any atom is 0.161 e. The number of rotatable bonds is 4. The Hall–Kier alpha value is -2.46. The smallest absolute Gasteiger partial charge is 0.161 e. The Kier molecular flexibility index (Phi) is 3.90. The summed E-state index contributed by atoms with van der Waals surface area (Å²) in [5.41, 5.74) is 5.32. The zero-order chi connectivity index (χ0) is 16.5. The fraction of sp³-hybridized carbons (Fsp3) is 0.300. The van der Waals surface area contributed by atoms with Crippen LogP contribution in [0.2, 0.25) is 0 Å². The number of aromatic amines is 1. The third-order valence-electron chi connectivity index (χ3n) is 4.82. The average Bonchev–Trinajstić information content (AvgIpc) is 2.99. The van der Waals surface area contributed by atoms with E-state index in [1.807, 2.05) is 6.07 Å². The van der Waals surface area contributed by atoms with Gasteiger partial charge in [0.05, 0.1) is 14.2 Å². The van der Waals surface area contributed by atoms with Crippen LogP contribution in [0.1, 0.15) is 16.8 Å². The molecular formula is C20H22N2O2. The Bertz CT molecular complexity index is 869. The van der Waals surface area contributed by atoms with Gasteiger partial charge in [-0.1, -0.05) is 24.3 Å². The first kappa shape index (κ1) is 15.1. The molecule has 0 bridgehead atoms. The number of ether oxygens (including phenoxy) is 2. The number of fused-ring (bicyclic) bond motifs is 3. The van der Waals surface area contributed by atoms with Gasteiger partial charge in [-0.3, -0.25) is 4.90 Å². The van der Waals surface area contributed by atoms with Gasteiger partial charge >= 0.3 is 0 Å². The minimum Gasteiger partial charge on any atom is -0.493 e. The van der Waals surface area contributed by atoms with Crippen LogP contribution in [0.25, 0.3) is 10.9 Å². The fourth-order valence-electron chi connectivity index (χ4n) is 3.62. The van der Waals surface area contributed by atoms with E-state index in [9.17, 15) is 0 Å². The number of para-hydroxylation sites is 1. The van der Waals surface area contributed by atoms with Crippen molar-refractivity contribution in [2.75, 3.05) is 20.8 Å². The lowest BCUT2D eigenvalue weighted by atomic mass is 10.0. The van der Waals surface area contributed by atoms with Gasteiger partial charge in [0.15, 0.2) is 11.5 Å². The van der Waals surface area contributed by atoms with E-state index >= 15 is 0 Å². The molecule has 0 saturated carbocycles. The minimum absolute atomic E-state index is 0.776. The summed E-state index contributed by atoms with van der Waals surface area (Å²) in [6.07, 6.45) is 1.09. The largest absolute Gasteiger partial charge is 0.493 e. The molecule has 1 N–H and O–H groups in total. The van der Waals surface area contributed by atoms with Crippen LogP contribution in [-0.2, 0) is 19.5 Å². The molecule has 0 unspecified atom stereocenters. The number of nitrogens with zero attached hydrogens (tertiary/aromatic N) is 1. The summed E-state index contributed by atoms with van der Waals surface area (Å²) in [4.78, 5) is 6.06. The quantitative estimate of drug-likeness (QED) is 0.795. The number of nitrogens with one attached hydrogen (secondary N) is 1. The molecule has 2 heterocycles. The van der Waals surface area contributed by atoms with Crippen molar-refractivity contribution in [1.29, 1.82) is 0 Å². The molecule has 4 nitrogen and oxygen atoms in total. The standard InChI is InChI=1S/C20H22N2O2/c1-23-19-8-7-14(11-20(19)24-2)12-22-10-9-16-15-5-3-4-6-17(15)21-18(16)13-22/h3-8,11,21H,9-10,12-13H2,1-2H3. The van der Waals surface area contributed by atoms with Gasteiger partial charge in [-0.25, -0.2) is 0 Å². The van der Waals surface area contributed by atoms with Crippen molar-refractivity contribution in [3.8, 4) is 11.5 Å². The van der Waals surface area contributed by atoms with Crippen LogP contribution in [0.3, 0.4) is 0 Å². The second-order valence-electron chi connectivity index (χ2n) is 6.28. The number of hydrogen-bond donors (Lipinski definition) is 1. The summed E-state index contributed by atoms with van der Waals surface area (Å²) in [6.45, 7) is 2.94. The zero-order valence-electron chi connectivity index (χ0n) is 14.1. The maximum absolute atomic E-state index is 5.41. The van der Waals surface area contributed by atoms with E-state index in [-0.39, 0.29) is 0 Å². The molecule has 4 rings (SSSR count). The molecular weight excluding hydrogens is 300 g/mol. The van der Waals surface area contributed by atoms with Crippen molar-refractivity contribution >= 4 is 10.9 Å². The lowest BCUT2D eigenvalue weighted by Crippen LogP contribution is -2.29. The van der Waals surface area contributed by atoms with Crippen LogP contribution in [0.5, 0.6) is 11.5 Å². The number of H-pyrrole nitrogens is 1. The highest BCUT2D eigenvalue weighted by Gasteiger charge is 2.20. The Morgan fingerprint density at radius 1 is 1.04 bits per heavy atom. The second-order valence-corrected chi connectivity index (χ2v) is 6.28. The van der Waals surface area contributed by atoms with Crippen LogP contribution < -0.4 is 9.47 Å². The highest BCUT2D eigenvalue weighted by molar-refractivity contribution is 5.84. The van der Waals surface area contributed by atoms with Gasteiger partial charge in [0.1, 0.15) is 0 Å². The normalized spacial score (nSPS) is 14.6. The Balaban J connectivity index is 1.55. The summed E-state index contributed by atoms with van der Waals surface area (Å²) in [5.74, 6) is 1.57. The first-order chi connectivity index (χ1) is 11.8. The van der Waals surface area contributed by atoms with Gasteiger partial charge in [-0.2, -0.15) is 0 Å². The van der Waals surface area contributed by atoms with Crippen LogP contribution >= 0.6 is 0 Å². The third-order valence-corrected chi connectivity index (χ3v) is 4.82. The van der Waals surface area contributed by atoms with Crippen molar-refractivity contribution in [3.63, 3.8) is 0 Å². The number of benzene rings is 2. The number of aromatic nitrogens is 1. The Labute approximate surface area is 142 Å². The molecule has 0 amide bonds. The van der Waals surface area contributed by atoms with E-state index in [1.165, 1.54) is 27.7 Å². The maximum atomic E-state index is 5.41. The van der Waals surface area contributed by atoms with Crippen molar-refractivity contribution in [3.05, 3.63) is 59.3 Å². The lowest BCUT2D eigenvalue weighted by Gasteiger charge is -2.27. The highest BCUT2D eigenvalue weighted by atomic mass is 16.5. The monoisotopic (exact) mass is 322 g/mol.